The molecule has 0 bridgehead atoms. The lowest BCUT2D eigenvalue weighted by Gasteiger charge is -2.36. The van der Waals surface area contributed by atoms with Crippen LogP contribution in [-0.4, -0.2) is 141 Å². The zero-order chi connectivity index (χ0) is 46.0. The standard InChI is InChI=1S/C25H29BrN6O2.C22H25BrN6O3/c1-17-24-21(28-25(27-17)32-14-10-19(11-15-32)31-12-2-3-13-31)8-9-22(30-24)29-23(33)16-34-20-6-4-18(26)5-7-20;1-15-21-18(25-22(24-15)29-10-8-28(9-11-29)12-13-30)6-7-19(27-21)26-20(31)14-32-17-4-2-16(23)3-5-17/h4-9,19H,2-3,10-16H2,1H3,(H,29,30,33);2-7,30H,8-14H2,1H3,(H,26,27,31). The largest absolute Gasteiger partial charge is 0.484 e. The van der Waals surface area contributed by atoms with E-state index in [9.17, 15) is 9.59 Å². The Morgan fingerprint density at radius 1 is 0.606 bits per heavy atom. The zero-order valence-electron chi connectivity index (χ0n) is 37.1. The number of pyridine rings is 2. The molecule has 0 radical (unpaired) electrons. The molecule has 4 aromatic heterocycles. The highest BCUT2D eigenvalue weighted by atomic mass is 79.9. The molecule has 0 aliphatic carbocycles. The van der Waals surface area contributed by atoms with Crippen LogP contribution in [0, 0.1) is 13.8 Å². The van der Waals surface area contributed by atoms with Gasteiger partial charge >= 0.3 is 0 Å². The summed E-state index contributed by atoms with van der Waals surface area (Å²) in [5.74, 6) is 3.02. The number of ether oxygens (including phenoxy) is 2. The first-order valence-corrected chi connectivity index (χ1v) is 23.9. The summed E-state index contributed by atoms with van der Waals surface area (Å²) in [5.41, 5.74) is 4.43. The first-order chi connectivity index (χ1) is 32.1. The van der Waals surface area contributed by atoms with Gasteiger partial charge in [-0.2, -0.15) is 0 Å². The van der Waals surface area contributed by atoms with E-state index in [2.05, 4.69) is 82.0 Å². The zero-order valence-corrected chi connectivity index (χ0v) is 40.3. The number of halogens is 2. The lowest BCUT2D eigenvalue weighted by Crippen LogP contribution is -2.47. The van der Waals surface area contributed by atoms with Gasteiger partial charge in [-0.1, -0.05) is 31.9 Å². The first kappa shape index (κ1) is 46.9. The third kappa shape index (κ3) is 12.4. The molecule has 2 amide bonds. The van der Waals surface area contributed by atoms with Crippen molar-refractivity contribution in [1.82, 2.24) is 39.7 Å². The Hall–Kier alpha value is -5.60. The predicted molar refractivity (Wildman–Crippen MR) is 262 cm³/mol. The number of piperidine rings is 1. The highest BCUT2D eigenvalue weighted by molar-refractivity contribution is 9.10. The van der Waals surface area contributed by atoms with Crippen LogP contribution in [0.1, 0.15) is 37.1 Å². The number of carbonyl (C=O) groups excluding carboxylic acids is 2. The van der Waals surface area contributed by atoms with Crippen LogP contribution >= 0.6 is 31.9 Å². The summed E-state index contributed by atoms with van der Waals surface area (Å²) < 4.78 is 12.9. The maximum Gasteiger partial charge on any atom is 0.263 e. The van der Waals surface area contributed by atoms with E-state index in [-0.39, 0.29) is 31.6 Å². The lowest BCUT2D eigenvalue weighted by atomic mass is 10.0. The van der Waals surface area contributed by atoms with Crippen LogP contribution in [-0.2, 0) is 9.59 Å². The molecule has 3 N–H and O–H groups in total. The number of likely N-dealkylation sites (tertiary alicyclic amines) is 1. The van der Waals surface area contributed by atoms with E-state index in [4.69, 9.17) is 24.5 Å². The van der Waals surface area contributed by atoms with E-state index < -0.39 is 0 Å². The summed E-state index contributed by atoms with van der Waals surface area (Å²) in [6.07, 6.45) is 4.99. The Balaban J connectivity index is 0.000000180. The summed E-state index contributed by atoms with van der Waals surface area (Å²) >= 11 is 6.74. The summed E-state index contributed by atoms with van der Waals surface area (Å²) in [7, 11) is 0. The molecule has 3 aliphatic rings. The first-order valence-electron chi connectivity index (χ1n) is 22.3. The molecule has 2 aromatic carbocycles. The van der Waals surface area contributed by atoms with E-state index >= 15 is 0 Å². The molecule has 3 saturated heterocycles. The fourth-order valence-electron chi connectivity index (χ4n) is 8.28. The van der Waals surface area contributed by atoms with Crippen molar-refractivity contribution in [1.29, 1.82) is 0 Å². The van der Waals surface area contributed by atoms with Gasteiger partial charge in [0.15, 0.2) is 13.2 Å². The van der Waals surface area contributed by atoms with Crippen LogP contribution in [0.2, 0.25) is 0 Å². The Morgan fingerprint density at radius 2 is 1.06 bits per heavy atom. The van der Waals surface area contributed by atoms with Crippen LogP contribution in [0.3, 0.4) is 0 Å². The minimum Gasteiger partial charge on any atom is -0.484 e. The van der Waals surface area contributed by atoms with Crippen molar-refractivity contribution >= 4 is 89.3 Å². The Labute approximate surface area is 400 Å². The van der Waals surface area contributed by atoms with Crippen LogP contribution in [0.5, 0.6) is 11.5 Å². The van der Waals surface area contributed by atoms with Gasteiger partial charge in [-0.3, -0.25) is 14.5 Å². The van der Waals surface area contributed by atoms with Crippen molar-refractivity contribution in [2.24, 2.45) is 0 Å². The Morgan fingerprint density at radius 3 is 1.52 bits per heavy atom. The van der Waals surface area contributed by atoms with Crippen LogP contribution in [0.15, 0.2) is 81.7 Å². The van der Waals surface area contributed by atoms with Gasteiger partial charge in [0.1, 0.15) is 34.2 Å². The molecule has 7 heterocycles. The van der Waals surface area contributed by atoms with Gasteiger partial charge in [0.05, 0.1) is 29.0 Å². The number of fused-ring (bicyclic) bond motifs is 2. The fraction of sp³-hybridized carbons (Fsp3) is 0.404. The maximum atomic E-state index is 12.3. The number of hydrogen-bond acceptors (Lipinski definition) is 15. The maximum absolute atomic E-state index is 12.3. The predicted octanol–water partition coefficient (Wildman–Crippen LogP) is 6.41. The molecule has 3 fully saturated rings. The SMILES string of the molecule is Cc1nc(N2CCC(N3CCCC3)CC2)nc2ccc(NC(=O)COc3ccc(Br)cc3)nc12.Cc1nc(N2CCN(CCO)CC2)nc2ccc(NC(=O)COc3ccc(Br)cc3)nc12. The van der Waals surface area contributed by atoms with Gasteiger partial charge in [0.2, 0.25) is 11.9 Å². The van der Waals surface area contributed by atoms with Gasteiger partial charge in [-0.25, -0.2) is 29.9 Å². The number of piperazine rings is 1. The van der Waals surface area contributed by atoms with E-state index in [0.29, 0.717) is 52.7 Å². The summed E-state index contributed by atoms with van der Waals surface area (Å²) in [6, 6.07) is 22.6. The van der Waals surface area contributed by atoms with Gasteiger partial charge in [-0.15, -0.1) is 0 Å². The molecule has 0 atom stereocenters. The molecule has 17 nitrogen and oxygen atoms in total. The normalized spacial score (nSPS) is 16.0. The number of hydrogen-bond donors (Lipinski definition) is 3. The lowest BCUT2D eigenvalue weighted by molar-refractivity contribution is -0.118. The van der Waals surface area contributed by atoms with E-state index in [0.717, 1.165) is 89.4 Å². The van der Waals surface area contributed by atoms with E-state index in [1.807, 2.05) is 50.2 Å². The number of anilines is 4. The van der Waals surface area contributed by atoms with Crippen molar-refractivity contribution in [3.05, 3.63) is 93.1 Å². The number of nitrogens with zero attached hydrogens (tertiary/aromatic N) is 10. The van der Waals surface area contributed by atoms with Crippen LogP contribution in [0.4, 0.5) is 23.5 Å². The number of benzene rings is 2. The number of carbonyl (C=O) groups is 2. The number of aromatic nitrogens is 6. The molecule has 0 spiro atoms. The minimum absolute atomic E-state index is 0.0941. The molecule has 0 unspecified atom stereocenters. The van der Waals surface area contributed by atoms with Gasteiger partial charge in [0.25, 0.3) is 11.8 Å². The highest BCUT2D eigenvalue weighted by Crippen LogP contribution is 2.26. The van der Waals surface area contributed by atoms with Crippen LogP contribution < -0.4 is 29.9 Å². The second-order valence-electron chi connectivity index (χ2n) is 16.4. The molecular formula is C47H54Br2N12O5. The smallest absolute Gasteiger partial charge is 0.263 e. The van der Waals surface area contributed by atoms with E-state index in [1.54, 1.807) is 36.4 Å². The Kier molecular flexibility index (Phi) is 15.8. The van der Waals surface area contributed by atoms with Crippen LogP contribution in [0.25, 0.3) is 22.1 Å². The number of amides is 2. The number of β-amino-alcohol motifs (C(OH)–C–C–N with tert-alkyl or cyclic N) is 1. The number of aliphatic hydroxyl groups excluding tert-OH is 1. The highest BCUT2D eigenvalue weighted by Gasteiger charge is 2.28. The summed E-state index contributed by atoms with van der Waals surface area (Å²) in [4.78, 5) is 61.9. The molecular weight excluding hydrogens is 972 g/mol. The third-order valence-corrected chi connectivity index (χ3v) is 12.8. The van der Waals surface area contributed by atoms with Crippen molar-refractivity contribution in [3.8, 4) is 11.5 Å². The van der Waals surface area contributed by atoms with Crippen molar-refractivity contribution in [2.45, 2.75) is 45.6 Å². The molecule has 6 aromatic rings. The number of nitrogens with one attached hydrogen (secondary N) is 2. The fourth-order valence-corrected chi connectivity index (χ4v) is 8.81. The van der Waals surface area contributed by atoms with Crippen molar-refractivity contribution < 1.29 is 24.2 Å². The van der Waals surface area contributed by atoms with Gasteiger partial charge < -0.3 is 39.9 Å². The molecule has 3 aliphatic heterocycles. The second-order valence-corrected chi connectivity index (χ2v) is 18.3. The van der Waals surface area contributed by atoms with Crippen molar-refractivity contribution in [2.75, 3.05) is 99.2 Å². The second kappa shape index (κ2) is 22.3. The average molecular weight is 1030 g/mol. The molecule has 66 heavy (non-hydrogen) atoms. The molecule has 0 saturated carbocycles. The average Bonchev–Trinajstić information content (AvgIpc) is 3.88. The van der Waals surface area contributed by atoms with Gasteiger partial charge in [0, 0.05) is 60.8 Å². The Bertz CT molecular complexity index is 2600. The molecule has 9 rings (SSSR count). The van der Waals surface area contributed by atoms with Crippen molar-refractivity contribution in [3.63, 3.8) is 0 Å². The third-order valence-electron chi connectivity index (χ3n) is 11.8. The quantitative estimate of drug-likeness (QED) is 0.115. The monoisotopic (exact) mass is 1020 g/mol. The topological polar surface area (TPSA) is 187 Å². The molecule has 346 valence electrons. The minimum atomic E-state index is -0.296. The molecule has 19 heteroatoms. The summed E-state index contributed by atoms with van der Waals surface area (Å²) in [5, 5.41) is 14.7. The summed E-state index contributed by atoms with van der Waals surface area (Å²) in [6.45, 7) is 12.3. The van der Waals surface area contributed by atoms with E-state index in [1.165, 1.54) is 25.9 Å². The number of aryl methyl sites for hydroxylation is 2. The van der Waals surface area contributed by atoms with Gasteiger partial charge in [-0.05, 0) is 125 Å². The number of rotatable bonds is 13. The number of aliphatic hydroxyl groups is 1.